The second-order valence-electron chi connectivity index (χ2n) is 4.60. The van der Waals surface area contributed by atoms with Gasteiger partial charge in [-0.15, -0.1) is 0 Å². The predicted octanol–water partition coefficient (Wildman–Crippen LogP) is 1.46. The Morgan fingerprint density at radius 3 is 2.89 bits per heavy atom. The molecule has 0 saturated carbocycles. The number of ether oxygens (including phenoxy) is 1. The van der Waals surface area contributed by atoms with Crippen molar-refractivity contribution in [2.24, 2.45) is 0 Å². The van der Waals surface area contributed by atoms with Gasteiger partial charge in [-0.2, -0.15) is 0 Å². The van der Waals surface area contributed by atoms with Gasteiger partial charge in [-0.05, 0) is 32.6 Å². The lowest BCUT2D eigenvalue weighted by molar-refractivity contribution is 0.00847. The predicted molar refractivity (Wildman–Crippen MR) is 69.3 cm³/mol. The van der Waals surface area contributed by atoms with Crippen molar-refractivity contribution in [3.05, 3.63) is 31.6 Å². The summed E-state index contributed by atoms with van der Waals surface area (Å²) < 4.78 is 6.77. The van der Waals surface area contributed by atoms with Crippen LogP contribution in [0.25, 0.3) is 0 Å². The van der Waals surface area contributed by atoms with Crippen LogP contribution in [0.1, 0.15) is 31.2 Å². The van der Waals surface area contributed by atoms with Crippen molar-refractivity contribution in [3.8, 4) is 0 Å². The van der Waals surface area contributed by atoms with E-state index in [9.17, 15) is 9.59 Å². The molecule has 5 nitrogen and oxygen atoms in total. The molecule has 1 atom stereocenters. The summed E-state index contributed by atoms with van der Waals surface area (Å²) in [5.41, 5.74) is -0.396. The first-order valence-corrected chi connectivity index (χ1v) is 6.58. The molecule has 0 spiro atoms. The summed E-state index contributed by atoms with van der Waals surface area (Å²) in [5.74, 6) is 0. The molecular formula is C12H17ClN2O3. The number of H-pyrrole nitrogens is 1. The van der Waals surface area contributed by atoms with Crippen LogP contribution in [-0.4, -0.2) is 22.3 Å². The molecule has 100 valence electrons. The van der Waals surface area contributed by atoms with E-state index in [-0.39, 0.29) is 16.8 Å². The average Bonchev–Trinajstić information content (AvgIpc) is 2.37. The summed E-state index contributed by atoms with van der Waals surface area (Å²) in [7, 11) is 0. The van der Waals surface area contributed by atoms with Gasteiger partial charge < -0.3 is 4.74 Å². The smallest absolute Gasteiger partial charge is 0.329 e. The number of aromatic amines is 1. The van der Waals surface area contributed by atoms with Crippen molar-refractivity contribution in [2.45, 2.75) is 45.3 Å². The lowest BCUT2D eigenvalue weighted by Crippen LogP contribution is -2.37. The second kappa shape index (κ2) is 5.71. The van der Waals surface area contributed by atoms with Crippen LogP contribution in [0.5, 0.6) is 0 Å². The van der Waals surface area contributed by atoms with Gasteiger partial charge in [-0.25, -0.2) is 4.79 Å². The molecule has 2 rings (SSSR count). The number of rotatable bonds is 3. The standard InChI is InChI=1S/C12H17ClN2O3/c1-8-10(13)14-12(17)15(11(8)16)6-5-9-4-2-3-7-18-9/h9H,2-7H2,1H3,(H,14,17). The normalized spacial score (nSPS) is 20.0. The van der Waals surface area contributed by atoms with E-state index >= 15 is 0 Å². The van der Waals surface area contributed by atoms with Gasteiger partial charge in [0.05, 0.1) is 6.10 Å². The number of halogens is 1. The summed E-state index contributed by atoms with van der Waals surface area (Å²) in [5, 5.41) is 0.121. The SMILES string of the molecule is Cc1c(Cl)[nH]c(=O)n(CCC2CCCCO2)c1=O. The van der Waals surface area contributed by atoms with Crippen molar-refractivity contribution in [2.75, 3.05) is 6.61 Å². The van der Waals surface area contributed by atoms with Crippen LogP contribution < -0.4 is 11.2 Å². The number of nitrogens with one attached hydrogen (secondary N) is 1. The molecule has 0 aliphatic carbocycles. The van der Waals surface area contributed by atoms with Gasteiger partial charge in [0, 0.05) is 18.7 Å². The highest BCUT2D eigenvalue weighted by Crippen LogP contribution is 2.15. The van der Waals surface area contributed by atoms with Gasteiger partial charge in [-0.1, -0.05) is 11.6 Å². The molecule has 1 unspecified atom stereocenters. The summed E-state index contributed by atoms with van der Waals surface area (Å²) in [6.07, 6.45) is 4.08. The molecule has 1 aromatic heterocycles. The molecule has 1 aromatic rings. The Morgan fingerprint density at radius 1 is 1.44 bits per heavy atom. The van der Waals surface area contributed by atoms with Crippen molar-refractivity contribution >= 4 is 11.6 Å². The summed E-state index contributed by atoms with van der Waals surface area (Å²) >= 11 is 5.75. The molecule has 0 radical (unpaired) electrons. The van der Waals surface area contributed by atoms with Crippen LogP contribution in [0, 0.1) is 6.92 Å². The molecule has 1 fully saturated rings. The number of aromatic nitrogens is 2. The third-order valence-corrected chi connectivity index (χ3v) is 3.68. The highest BCUT2D eigenvalue weighted by Gasteiger charge is 2.15. The minimum Gasteiger partial charge on any atom is -0.378 e. The Hall–Kier alpha value is -1.07. The Kier molecular flexibility index (Phi) is 4.24. The van der Waals surface area contributed by atoms with Gasteiger partial charge in [0.2, 0.25) is 0 Å². The van der Waals surface area contributed by atoms with Crippen LogP contribution >= 0.6 is 11.6 Å². The topological polar surface area (TPSA) is 64.1 Å². The van der Waals surface area contributed by atoms with Crippen LogP contribution in [0.3, 0.4) is 0 Å². The summed E-state index contributed by atoms with van der Waals surface area (Å²) in [6.45, 7) is 2.75. The van der Waals surface area contributed by atoms with Crippen LogP contribution in [-0.2, 0) is 11.3 Å². The third-order valence-electron chi connectivity index (χ3n) is 3.31. The van der Waals surface area contributed by atoms with E-state index in [2.05, 4.69) is 4.98 Å². The van der Waals surface area contributed by atoms with E-state index in [1.165, 1.54) is 4.57 Å². The maximum Gasteiger partial charge on any atom is 0.329 e. The Balaban J connectivity index is 2.12. The quantitative estimate of drug-likeness (QED) is 0.847. The van der Waals surface area contributed by atoms with E-state index in [4.69, 9.17) is 16.3 Å². The van der Waals surface area contributed by atoms with Gasteiger partial charge in [-0.3, -0.25) is 14.3 Å². The fourth-order valence-electron chi connectivity index (χ4n) is 2.15. The lowest BCUT2D eigenvalue weighted by Gasteiger charge is -2.22. The van der Waals surface area contributed by atoms with E-state index in [1.54, 1.807) is 6.92 Å². The molecule has 6 heteroatoms. The first kappa shape index (κ1) is 13.4. The van der Waals surface area contributed by atoms with Gasteiger partial charge >= 0.3 is 5.69 Å². The number of hydrogen-bond acceptors (Lipinski definition) is 3. The second-order valence-corrected chi connectivity index (χ2v) is 4.98. The van der Waals surface area contributed by atoms with E-state index in [0.717, 1.165) is 25.9 Å². The molecule has 1 N–H and O–H groups in total. The first-order valence-electron chi connectivity index (χ1n) is 6.20. The molecule has 1 aliphatic heterocycles. The zero-order chi connectivity index (χ0) is 13.1. The largest absolute Gasteiger partial charge is 0.378 e. The zero-order valence-corrected chi connectivity index (χ0v) is 11.1. The highest BCUT2D eigenvalue weighted by molar-refractivity contribution is 6.30. The number of hydrogen-bond donors (Lipinski definition) is 1. The first-order chi connectivity index (χ1) is 8.59. The van der Waals surface area contributed by atoms with Crippen molar-refractivity contribution in [1.29, 1.82) is 0 Å². The highest BCUT2D eigenvalue weighted by atomic mass is 35.5. The number of nitrogens with zero attached hydrogens (tertiary/aromatic N) is 1. The molecule has 0 bridgehead atoms. The monoisotopic (exact) mass is 272 g/mol. The molecule has 0 amide bonds. The fraction of sp³-hybridized carbons (Fsp3) is 0.667. The van der Waals surface area contributed by atoms with Crippen molar-refractivity contribution in [1.82, 2.24) is 9.55 Å². The third kappa shape index (κ3) is 2.84. The molecule has 2 heterocycles. The minimum absolute atomic E-state index is 0.121. The van der Waals surface area contributed by atoms with E-state index in [0.29, 0.717) is 18.5 Å². The van der Waals surface area contributed by atoms with Crippen LogP contribution in [0.15, 0.2) is 9.59 Å². The Morgan fingerprint density at radius 2 is 2.22 bits per heavy atom. The van der Waals surface area contributed by atoms with Crippen molar-refractivity contribution < 1.29 is 4.74 Å². The average molecular weight is 273 g/mol. The minimum atomic E-state index is -0.452. The maximum atomic E-state index is 11.9. The Labute approximate surface area is 110 Å². The Bertz CT molecular complexity index is 529. The van der Waals surface area contributed by atoms with E-state index < -0.39 is 5.69 Å². The van der Waals surface area contributed by atoms with Crippen LogP contribution in [0.4, 0.5) is 0 Å². The zero-order valence-electron chi connectivity index (χ0n) is 10.4. The summed E-state index contributed by atoms with van der Waals surface area (Å²) in [6, 6.07) is 0. The van der Waals surface area contributed by atoms with Crippen LogP contribution in [0.2, 0.25) is 5.15 Å². The maximum absolute atomic E-state index is 11.9. The fourth-order valence-corrected chi connectivity index (χ4v) is 2.32. The molecule has 0 aromatic carbocycles. The lowest BCUT2D eigenvalue weighted by atomic mass is 10.1. The molecule has 18 heavy (non-hydrogen) atoms. The van der Waals surface area contributed by atoms with E-state index in [1.807, 2.05) is 0 Å². The van der Waals surface area contributed by atoms with Gasteiger partial charge in [0.15, 0.2) is 0 Å². The van der Waals surface area contributed by atoms with Gasteiger partial charge in [0.25, 0.3) is 5.56 Å². The molecular weight excluding hydrogens is 256 g/mol. The van der Waals surface area contributed by atoms with Gasteiger partial charge in [0.1, 0.15) is 5.15 Å². The molecule has 1 aliphatic rings. The summed E-state index contributed by atoms with van der Waals surface area (Å²) in [4.78, 5) is 26.0. The van der Waals surface area contributed by atoms with Crippen molar-refractivity contribution in [3.63, 3.8) is 0 Å². The molecule has 1 saturated heterocycles.